The largest absolute Gasteiger partial charge is 0.450 e. The van der Waals surface area contributed by atoms with Gasteiger partial charge >= 0.3 is 6.09 Å². The number of guanidine groups is 1. The Morgan fingerprint density at radius 1 is 1.20 bits per heavy atom. The van der Waals surface area contributed by atoms with E-state index in [4.69, 9.17) is 4.74 Å². The number of carbonyl (C=O) groups excluding carboxylic acids is 1. The zero-order valence-electron chi connectivity index (χ0n) is 16.3. The van der Waals surface area contributed by atoms with Gasteiger partial charge in [0.15, 0.2) is 5.96 Å². The molecule has 1 N–H and O–H groups in total. The molecule has 2 aliphatic heterocycles. The molecule has 0 radical (unpaired) electrons. The molecule has 2 rings (SSSR count). The van der Waals surface area contributed by atoms with Gasteiger partial charge in [-0.05, 0) is 32.2 Å². The van der Waals surface area contributed by atoms with Gasteiger partial charge in [-0.25, -0.2) is 4.79 Å². The zero-order valence-corrected chi connectivity index (χ0v) is 16.3. The predicted molar refractivity (Wildman–Crippen MR) is 101 cm³/mol. The molecule has 2 saturated heterocycles. The van der Waals surface area contributed by atoms with Crippen molar-refractivity contribution in [3.63, 3.8) is 0 Å². The monoisotopic (exact) mass is 353 g/mol. The summed E-state index contributed by atoms with van der Waals surface area (Å²) in [5.74, 6) is 1.65. The third kappa shape index (κ3) is 5.76. The Hall–Kier alpha value is -1.50. The second-order valence-electron chi connectivity index (χ2n) is 7.29. The van der Waals surface area contributed by atoms with E-state index in [9.17, 15) is 4.79 Å². The van der Waals surface area contributed by atoms with Gasteiger partial charge in [0, 0.05) is 52.4 Å². The fourth-order valence-corrected chi connectivity index (χ4v) is 3.69. The van der Waals surface area contributed by atoms with Gasteiger partial charge in [0.25, 0.3) is 0 Å². The van der Waals surface area contributed by atoms with E-state index in [1.54, 1.807) is 4.90 Å². The molecule has 0 aromatic rings. The van der Waals surface area contributed by atoms with Crippen LogP contribution in [0.2, 0.25) is 0 Å². The van der Waals surface area contributed by atoms with Crippen molar-refractivity contribution in [2.75, 3.05) is 59.5 Å². The molecule has 2 heterocycles. The quantitative estimate of drug-likeness (QED) is 0.599. The number of hydrogen-bond acceptors (Lipinski definition) is 4. The number of likely N-dealkylation sites (tertiary alicyclic amines) is 1. The lowest BCUT2D eigenvalue weighted by Crippen LogP contribution is -2.55. The summed E-state index contributed by atoms with van der Waals surface area (Å²) in [6.45, 7) is 13.1. The number of aliphatic imine (C=N–C) groups is 1. The third-order valence-electron chi connectivity index (χ3n) is 4.91. The Balaban J connectivity index is 1.78. The zero-order chi connectivity index (χ0) is 18.2. The standard InChI is InChI=1S/C18H35N5O2/c1-5-25-18(24)22-11-9-21(10-12-22)17(19-4)20-13-16-7-6-8-23(16)14-15(2)3/h15-16H,5-14H2,1-4H3,(H,19,20)/t16-/m1/s1. The van der Waals surface area contributed by atoms with Gasteiger partial charge in [-0.15, -0.1) is 0 Å². The van der Waals surface area contributed by atoms with E-state index in [0.717, 1.165) is 25.6 Å². The summed E-state index contributed by atoms with van der Waals surface area (Å²) < 4.78 is 5.08. The fourth-order valence-electron chi connectivity index (χ4n) is 3.69. The summed E-state index contributed by atoms with van der Waals surface area (Å²) in [7, 11) is 1.83. The minimum absolute atomic E-state index is 0.208. The van der Waals surface area contributed by atoms with Crippen LogP contribution in [-0.4, -0.2) is 92.3 Å². The number of rotatable bonds is 5. The van der Waals surface area contributed by atoms with Crippen LogP contribution in [0.3, 0.4) is 0 Å². The summed E-state index contributed by atoms with van der Waals surface area (Å²) >= 11 is 0. The molecule has 0 bridgehead atoms. The van der Waals surface area contributed by atoms with Gasteiger partial charge in [-0.1, -0.05) is 13.8 Å². The topological polar surface area (TPSA) is 60.4 Å². The van der Waals surface area contributed by atoms with Crippen molar-refractivity contribution >= 4 is 12.1 Å². The maximum Gasteiger partial charge on any atom is 0.409 e. The second-order valence-corrected chi connectivity index (χ2v) is 7.29. The molecule has 7 heteroatoms. The molecule has 0 aromatic heterocycles. The summed E-state index contributed by atoms with van der Waals surface area (Å²) in [4.78, 5) is 22.9. The number of ether oxygens (including phenoxy) is 1. The van der Waals surface area contributed by atoms with Crippen molar-refractivity contribution in [3.8, 4) is 0 Å². The molecular formula is C18H35N5O2. The van der Waals surface area contributed by atoms with Crippen molar-refractivity contribution in [1.82, 2.24) is 20.0 Å². The van der Waals surface area contributed by atoms with E-state index in [2.05, 4.69) is 34.0 Å². The molecule has 0 spiro atoms. The molecule has 7 nitrogen and oxygen atoms in total. The molecule has 0 unspecified atom stereocenters. The maximum atomic E-state index is 11.8. The highest BCUT2D eigenvalue weighted by atomic mass is 16.6. The van der Waals surface area contributed by atoms with E-state index in [-0.39, 0.29) is 6.09 Å². The Morgan fingerprint density at radius 2 is 1.88 bits per heavy atom. The molecule has 0 saturated carbocycles. The van der Waals surface area contributed by atoms with Crippen LogP contribution >= 0.6 is 0 Å². The van der Waals surface area contributed by atoms with Crippen molar-refractivity contribution in [2.24, 2.45) is 10.9 Å². The summed E-state index contributed by atoms with van der Waals surface area (Å²) in [6, 6.07) is 0.597. The smallest absolute Gasteiger partial charge is 0.409 e. The minimum Gasteiger partial charge on any atom is -0.450 e. The predicted octanol–water partition coefficient (Wildman–Crippen LogP) is 1.46. The van der Waals surface area contributed by atoms with Crippen molar-refractivity contribution in [1.29, 1.82) is 0 Å². The molecule has 2 fully saturated rings. The van der Waals surface area contributed by atoms with Crippen molar-refractivity contribution in [3.05, 3.63) is 0 Å². The van der Waals surface area contributed by atoms with Crippen LogP contribution in [0.25, 0.3) is 0 Å². The Kier molecular flexibility index (Phi) is 7.81. The molecule has 25 heavy (non-hydrogen) atoms. The van der Waals surface area contributed by atoms with Gasteiger partial charge < -0.3 is 19.9 Å². The van der Waals surface area contributed by atoms with E-state index in [0.29, 0.717) is 31.7 Å². The number of piperazine rings is 1. The van der Waals surface area contributed by atoms with Gasteiger partial charge in [0.2, 0.25) is 0 Å². The van der Waals surface area contributed by atoms with Crippen LogP contribution in [0.4, 0.5) is 4.79 Å². The molecule has 144 valence electrons. The lowest BCUT2D eigenvalue weighted by molar-refractivity contribution is 0.0913. The number of nitrogens with zero attached hydrogens (tertiary/aromatic N) is 4. The SMILES string of the molecule is CCOC(=O)N1CCN(C(=NC)NC[C@H]2CCCN2CC(C)C)CC1. The first-order valence-electron chi connectivity index (χ1n) is 9.66. The highest BCUT2D eigenvalue weighted by Crippen LogP contribution is 2.18. The fraction of sp³-hybridized carbons (Fsp3) is 0.889. The van der Waals surface area contributed by atoms with Crippen LogP contribution in [0.1, 0.15) is 33.6 Å². The average molecular weight is 354 g/mol. The Bertz CT molecular complexity index is 447. The van der Waals surface area contributed by atoms with Gasteiger partial charge in [0.05, 0.1) is 6.61 Å². The van der Waals surface area contributed by atoms with Gasteiger partial charge in [-0.2, -0.15) is 0 Å². The lowest BCUT2D eigenvalue weighted by Gasteiger charge is -2.36. The molecular weight excluding hydrogens is 318 g/mol. The molecule has 1 amide bonds. The van der Waals surface area contributed by atoms with Crippen LogP contribution < -0.4 is 5.32 Å². The van der Waals surface area contributed by atoms with Crippen LogP contribution in [0, 0.1) is 5.92 Å². The maximum absolute atomic E-state index is 11.8. The minimum atomic E-state index is -0.208. The highest BCUT2D eigenvalue weighted by Gasteiger charge is 2.27. The van der Waals surface area contributed by atoms with E-state index < -0.39 is 0 Å². The van der Waals surface area contributed by atoms with Crippen LogP contribution in [0.15, 0.2) is 4.99 Å². The lowest BCUT2D eigenvalue weighted by atomic mass is 10.1. The number of amides is 1. The van der Waals surface area contributed by atoms with E-state index in [1.165, 1.54) is 25.9 Å². The van der Waals surface area contributed by atoms with Gasteiger partial charge in [0.1, 0.15) is 0 Å². The Morgan fingerprint density at radius 3 is 2.48 bits per heavy atom. The molecule has 0 aromatic carbocycles. The normalized spacial score (nSPS) is 22.6. The van der Waals surface area contributed by atoms with Crippen LogP contribution in [-0.2, 0) is 4.74 Å². The first-order valence-corrected chi connectivity index (χ1v) is 9.66. The van der Waals surface area contributed by atoms with Crippen LogP contribution in [0.5, 0.6) is 0 Å². The Labute approximate surface area is 152 Å². The highest BCUT2D eigenvalue weighted by molar-refractivity contribution is 5.80. The second kappa shape index (κ2) is 9.85. The van der Waals surface area contributed by atoms with Crippen molar-refractivity contribution in [2.45, 2.75) is 39.7 Å². The summed E-state index contributed by atoms with van der Waals surface area (Å²) in [6.07, 6.45) is 2.34. The first kappa shape index (κ1) is 19.8. The van der Waals surface area contributed by atoms with Crippen molar-refractivity contribution < 1.29 is 9.53 Å². The molecule has 1 atom stereocenters. The molecule has 0 aliphatic carbocycles. The molecule has 2 aliphatic rings. The number of carbonyl (C=O) groups is 1. The van der Waals surface area contributed by atoms with E-state index in [1.807, 2.05) is 14.0 Å². The first-order chi connectivity index (χ1) is 12.0. The van der Waals surface area contributed by atoms with Gasteiger partial charge in [-0.3, -0.25) is 9.89 Å². The third-order valence-corrected chi connectivity index (χ3v) is 4.91. The summed E-state index contributed by atoms with van der Waals surface area (Å²) in [5.41, 5.74) is 0. The average Bonchev–Trinajstić information content (AvgIpc) is 3.02. The van der Waals surface area contributed by atoms with E-state index >= 15 is 0 Å². The number of nitrogens with one attached hydrogen (secondary N) is 1. The number of hydrogen-bond donors (Lipinski definition) is 1. The summed E-state index contributed by atoms with van der Waals surface area (Å²) in [5, 5.41) is 3.55.